The van der Waals surface area contributed by atoms with Gasteiger partial charge in [0, 0.05) is 5.69 Å². The lowest BCUT2D eigenvalue weighted by molar-refractivity contribution is 0.0696. The van der Waals surface area contributed by atoms with Gasteiger partial charge < -0.3 is 5.11 Å². The molecule has 0 aliphatic carbocycles. The number of aromatic carboxylic acids is 1. The van der Waals surface area contributed by atoms with E-state index in [1.807, 2.05) is 26.0 Å². The smallest absolute Gasteiger partial charge is 0.339 e. The van der Waals surface area contributed by atoms with Crippen LogP contribution in [0.1, 0.15) is 27.3 Å². The molecule has 88 valence electrons. The van der Waals surface area contributed by atoms with E-state index in [-0.39, 0.29) is 5.56 Å². The highest BCUT2D eigenvalue weighted by Crippen LogP contribution is 2.14. The second-order valence-electron chi connectivity index (χ2n) is 3.93. The molecule has 0 amide bonds. The third kappa shape index (κ3) is 1.91. The highest BCUT2D eigenvalue weighted by molar-refractivity contribution is 5.88. The molecule has 5 heteroatoms. The Labute approximate surface area is 98.7 Å². The second kappa shape index (κ2) is 4.01. The highest BCUT2D eigenvalue weighted by atomic mass is 16.4. The monoisotopic (exact) mass is 231 g/mol. The molecule has 2 aromatic heterocycles. The molecule has 2 heterocycles. The minimum Gasteiger partial charge on any atom is -0.478 e. The molecule has 0 saturated heterocycles. The predicted octanol–water partition coefficient (Wildman–Crippen LogP) is 1.89. The maximum atomic E-state index is 10.9. The van der Waals surface area contributed by atoms with Gasteiger partial charge in [-0.15, -0.1) is 0 Å². The Bertz CT molecular complexity index is 587. The van der Waals surface area contributed by atoms with E-state index < -0.39 is 5.97 Å². The van der Waals surface area contributed by atoms with Gasteiger partial charge in [0.2, 0.25) is 0 Å². The Hall–Kier alpha value is -2.17. The first-order valence-corrected chi connectivity index (χ1v) is 5.23. The van der Waals surface area contributed by atoms with Gasteiger partial charge in [0.25, 0.3) is 0 Å². The van der Waals surface area contributed by atoms with Crippen LogP contribution in [0.3, 0.4) is 0 Å². The van der Waals surface area contributed by atoms with Gasteiger partial charge in [-0.05, 0) is 32.4 Å². The molecule has 0 aliphatic heterocycles. The molecule has 5 nitrogen and oxygen atoms in total. The summed E-state index contributed by atoms with van der Waals surface area (Å²) in [5.74, 6) is -0.337. The molecule has 17 heavy (non-hydrogen) atoms. The van der Waals surface area contributed by atoms with Crippen molar-refractivity contribution in [3.05, 3.63) is 40.8 Å². The number of rotatable bonds is 2. The van der Waals surface area contributed by atoms with Crippen LogP contribution in [0.5, 0.6) is 0 Å². The molecule has 0 radical (unpaired) electrons. The van der Waals surface area contributed by atoms with Crippen LogP contribution in [-0.2, 0) is 0 Å². The van der Waals surface area contributed by atoms with Crippen LogP contribution in [0.25, 0.3) is 5.82 Å². The number of aromatic nitrogens is 3. The van der Waals surface area contributed by atoms with Crippen molar-refractivity contribution >= 4 is 5.97 Å². The lowest BCUT2D eigenvalue weighted by Crippen LogP contribution is -2.05. The van der Waals surface area contributed by atoms with Crippen LogP contribution in [0.15, 0.2) is 18.3 Å². The fourth-order valence-electron chi connectivity index (χ4n) is 1.59. The number of carboxylic acids is 1. The summed E-state index contributed by atoms with van der Waals surface area (Å²) in [6.45, 7) is 5.60. The van der Waals surface area contributed by atoms with E-state index >= 15 is 0 Å². The van der Waals surface area contributed by atoms with Crippen molar-refractivity contribution < 1.29 is 9.90 Å². The molecule has 0 bridgehead atoms. The van der Waals surface area contributed by atoms with Gasteiger partial charge in [-0.2, -0.15) is 5.10 Å². The van der Waals surface area contributed by atoms with Crippen molar-refractivity contribution in [3.8, 4) is 5.82 Å². The maximum absolute atomic E-state index is 10.9. The van der Waals surface area contributed by atoms with E-state index in [0.29, 0.717) is 11.5 Å². The minimum atomic E-state index is -0.974. The first kappa shape index (κ1) is 11.3. The number of nitrogens with zero attached hydrogens (tertiary/aromatic N) is 3. The Balaban J connectivity index is 2.53. The van der Waals surface area contributed by atoms with Crippen molar-refractivity contribution in [3.63, 3.8) is 0 Å². The van der Waals surface area contributed by atoms with Crippen LogP contribution in [0.2, 0.25) is 0 Å². The number of hydrogen-bond donors (Lipinski definition) is 1. The molecule has 0 spiro atoms. The topological polar surface area (TPSA) is 68.0 Å². The molecule has 0 aliphatic rings. The van der Waals surface area contributed by atoms with Gasteiger partial charge in [0.1, 0.15) is 5.56 Å². The van der Waals surface area contributed by atoms with Crippen LogP contribution < -0.4 is 0 Å². The molecular formula is C12H13N3O2. The fourth-order valence-corrected chi connectivity index (χ4v) is 1.59. The van der Waals surface area contributed by atoms with E-state index in [0.717, 1.165) is 11.3 Å². The van der Waals surface area contributed by atoms with Gasteiger partial charge in [-0.3, -0.25) is 0 Å². The number of aryl methyl sites for hydroxylation is 2. The quantitative estimate of drug-likeness (QED) is 0.857. The van der Waals surface area contributed by atoms with Crippen LogP contribution in [0.4, 0.5) is 0 Å². The third-order valence-electron chi connectivity index (χ3n) is 2.79. The summed E-state index contributed by atoms with van der Waals surface area (Å²) in [6.07, 6.45) is 1.34. The molecule has 0 aromatic carbocycles. The molecule has 1 N–H and O–H groups in total. The lowest BCUT2D eigenvalue weighted by atomic mass is 10.2. The largest absolute Gasteiger partial charge is 0.478 e. The summed E-state index contributed by atoms with van der Waals surface area (Å²) < 4.78 is 1.54. The first-order chi connectivity index (χ1) is 8.00. The summed E-state index contributed by atoms with van der Waals surface area (Å²) in [4.78, 5) is 15.3. The maximum Gasteiger partial charge on any atom is 0.339 e. The van der Waals surface area contributed by atoms with Gasteiger partial charge in [0.15, 0.2) is 5.82 Å². The van der Waals surface area contributed by atoms with Gasteiger partial charge in [-0.1, -0.05) is 6.07 Å². The van der Waals surface area contributed by atoms with Crippen molar-refractivity contribution in [1.29, 1.82) is 0 Å². The average Bonchev–Trinajstić information content (AvgIpc) is 2.64. The van der Waals surface area contributed by atoms with E-state index in [9.17, 15) is 4.79 Å². The van der Waals surface area contributed by atoms with E-state index in [4.69, 9.17) is 5.11 Å². The molecule has 2 aromatic rings. The van der Waals surface area contributed by atoms with Gasteiger partial charge in [0.05, 0.1) is 11.9 Å². The Morgan fingerprint density at radius 2 is 2.00 bits per heavy atom. The summed E-state index contributed by atoms with van der Waals surface area (Å²) >= 11 is 0. The van der Waals surface area contributed by atoms with Crippen LogP contribution in [0, 0.1) is 20.8 Å². The summed E-state index contributed by atoms with van der Waals surface area (Å²) in [7, 11) is 0. The molecule has 0 fully saturated rings. The first-order valence-electron chi connectivity index (χ1n) is 5.23. The predicted molar refractivity (Wildman–Crippen MR) is 62.5 cm³/mol. The van der Waals surface area contributed by atoms with Crippen LogP contribution >= 0.6 is 0 Å². The van der Waals surface area contributed by atoms with Gasteiger partial charge in [-0.25, -0.2) is 14.5 Å². The molecule has 2 rings (SSSR count). The Kier molecular flexibility index (Phi) is 2.67. The van der Waals surface area contributed by atoms with Crippen molar-refractivity contribution in [2.75, 3.05) is 0 Å². The zero-order valence-electron chi connectivity index (χ0n) is 9.93. The summed E-state index contributed by atoms with van der Waals surface area (Å²) in [6, 6.07) is 3.77. The third-order valence-corrected chi connectivity index (χ3v) is 2.79. The van der Waals surface area contributed by atoms with Crippen molar-refractivity contribution in [2.45, 2.75) is 20.8 Å². The van der Waals surface area contributed by atoms with E-state index in [2.05, 4.69) is 10.1 Å². The summed E-state index contributed by atoms with van der Waals surface area (Å²) in [5.41, 5.74) is 2.78. The zero-order valence-corrected chi connectivity index (χ0v) is 9.93. The molecular weight excluding hydrogens is 218 g/mol. The lowest BCUT2D eigenvalue weighted by Gasteiger charge is -2.06. The summed E-state index contributed by atoms with van der Waals surface area (Å²) in [5, 5.41) is 13.0. The minimum absolute atomic E-state index is 0.199. The van der Waals surface area contributed by atoms with Gasteiger partial charge >= 0.3 is 5.97 Å². The van der Waals surface area contributed by atoms with E-state index in [1.165, 1.54) is 10.9 Å². The Morgan fingerprint density at radius 3 is 2.53 bits per heavy atom. The number of carbonyl (C=O) groups is 1. The zero-order chi connectivity index (χ0) is 12.6. The molecule has 0 atom stereocenters. The second-order valence-corrected chi connectivity index (χ2v) is 3.93. The fraction of sp³-hybridized carbons (Fsp3) is 0.250. The number of hydrogen-bond acceptors (Lipinski definition) is 3. The Morgan fingerprint density at radius 1 is 1.29 bits per heavy atom. The van der Waals surface area contributed by atoms with Crippen molar-refractivity contribution in [2.24, 2.45) is 0 Å². The molecule has 0 saturated carbocycles. The molecule has 0 unspecified atom stereocenters. The number of pyridine rings is 1. The number of carboxylic acid groups (broad SMARTS) is 1. The standard InChI is InChI=1S/C12H13N3O2/c1-7-4-5-11(14-8(7)2)15-9(3)10(6-13-15)12(16)17/h4-6H,1-3H3,(H,16,17). The SMILES string of the molecule is Cc1ccc(-n2ncc(C(=O)O)c2C)nc1C. The highest BCUT2D eigenvalue weighted by Gasteiger charge is 2.14. The average molecular weight is 231 g/mol. The van der Waals surface area contributed by atoms with E-state index in [1.54, 1.807) is 6.92 Å². The normalized spacial score (nSPS) is 10.5. The van der Waals surface area contributed by atoms with Crippen molar-refractivity contribution in [1.82, 2.24) is 14.8 Å². The van der Waals surface area contributed by atoms with Crippen LogP contribution in [-0.4, -0.2) is 25.8 Å².